The monoisotopic (exact) mass is 364 g/mol. The van der Waals surface area contributed by atoms with Crippen LogP contribution in [0.2, 0.25) is 0 Å². The summed E-state index contributed by atoms with van der Waals surface area (Å²) in [6, 6.07) is 0. The minimum atomic E-state index is -0.0734. The van der Waals surface area contributed by atoms with Gasteiger partial charge in [0, 0.05) is 11.5 Å². The van der Waals surface area contributed by atoms with E-state index in [0.29, 0.717) is 14.9 Å². The molecule has 134 valence electrons. The molecule has 1 saturated heterocycles. The normalized spacial score (nSPS) is 52.5. The minimum absolute atomic E-state index is 0.0734. The zero-order valence-corrected chi connectivity index (χ0v) is 16.9. The van der Waals surface area contributed by atoms with E-state index in [4.69, 9.17) is 0 Å². The largest absolute Gasteiger partial charge is 0.393 e. The van der Waals surface area contributed by atoms with E-state index < -0.39 is 0 Å². The van der Waals surface area contributed by atoms with Crippen molar-refractivity contribution in [2.75, 3.05) is 11.5 Å². The van der Waals surface area contributed by atoms with Crippen molar-refractivity contribution in [2.24, 2.45) is 28.6 Å². The van der Waals surface area contributed by atoms with Crippen molar-refractivity contribution < 1.29 is 5.11 Å². The van der Waals surface area contributed by atoms with Crippen LogP contribution in [0, 0.1) is 28.6 Å². The topological polar surface area (TPSA) is 20.2 Å². The molecular weight excluding hydrogens is 332 g/mol. The van der Waals surface area contributed by atoms with Crippen LogP contribution in [0.3, 0.4) is 0 Å². The van der Waals surface area contributed by atoms with Gasteiger partial charge in [-0.3, -0.25) is 0 Å². The molecule has 1 spiro atoms. The molecular formula is C21H32OS2. The summed E-state index contributed by atoms with van der Waals surface area (Å²) in [5.41, 5.74) is 2.58. The average molecular weight is 365 g/mol. The number of thioether (sulfide) groups is 2. The lowest BCUT2D eigenvalue weighted by atomic mass is 9.48. The molecule has 4 fully saturated rings. The van der Waals surface area contributed by atoms with Crippen LogP contribution in [0.5, 0.6) is 0 Å². The van der Waals surface area contributed by atoms with Crippen molar-refractivity contribution in [2.45, 2.75) is 75.4 Å². The summed E-state index contributed by atoms with van der Waals surface area (Å²) >= 11 is 4.63. The summed E-state index contributed by atoms with van der Waals surface area (Å²) in [7, 11) is 0. The van der Waals surface area contributed by atoms with Gasteiger partial charge in [-0.25, -0.2) is 0 Å². The van der Waals surface area contributed by atoms with E-state index in [2.05, 4.69) is 43.4 Å². The van der Waals surface area contributed by atoms with Gasteiger partial charge >= 0.3 is 0 Å². The van der Waals surface area contributed by atoms with Gasteiger partial charge < -0.3 is 5.11 Å². The number of allylic oxidation sites excluding steroid dienone is 1. The first-order chi connectivity index (χ1) is 11.5. The van der Waals surface area contributed by atoms with Crippen molar-refractivity contribution in [3.05, 3.63) is 11.6 Å². The SMILES string of the molecule is C[C@]12CCC(O)CC1=CCC1C2CC[C@@]2(C)C1CCC21SCCS1. The molecule has 3 heteroatoms. The maximum atomic E-state index is 10.1. The zero-order chi connectivity index (χ0) is 16.6. The summed E-state index contributed by atoms with van der Waals surface area (Å²) in [4.78, 5) is 0. The van der Waals surface area contributed by atoms with E-state index >= 15 is 0 Å². The molecule has 4 unspecified atom stereocenters. The molecule has 1 N–H and O–H groups in total. The lowest BCUT2D eigenvalue weighted by Crippen LogP contribution is -2.52. The Balaban J connectivity index is 1.49. The molecule has 0 radical (unpaired) electrons. The first kappa shape index (κ1) is 16.6. The highest BCUT2D eigenvalue weighted by atomic mass is 32.2. The van der Waals surface area contributed by atoms with Gasteiger partial charge in [-0.2, -0.15) is 0 Å². The summed E-state index contributed by atoms with van der Waals surface area (Å²) < 4.78 is 0.552. The Morgan fingerprint density at radius 2 is 1.75 bits per heavy atom. The fraction of sp³-hybridized carbons (Fsp3) is 0.905. The first-order valence-electron chi connectivity index (χ1n) is 10.1. The Morgan fingerprint density at radius 1 is 1.00 bits per heavy atom. The Kier molecular flexibility index (Phi) is 3.76. The maximum Gasteiger partial charge on any atom is 0.0667 e. The smallest absolute Gasteiger partial charge is 0.0667 e. The average Bonchev–Trinajstić information content (AvgIpc) is 3.15. The lowest BCUT2D eigenvalue weighted by molar-refractivity contribution is -0.0368. The van der Waals surface area contributed by atoms with Gasteiger partial charge in [-0.1, -0.05) is 25.5 Å². The van der Waals surface area contributed by atoms with Gasteiger partial charge in [-0.05, 0) is 80.0 Å². The number of fused-ring (bicyclic) bond motifs is 6. The highest BCUT2D eigenvalue weighted by Gasteiger charge is 2.65. The van der Waals surface area contributed by atoms with Crippen molar-refractivity contribution in [1.29, 1.82) is 0 Å². The third-order valence-corrected chi connectivity index (χ3v) is 12.9. The van der Waals surface area contributed by atoms with Crippen molar-refractivity contribution in [3.63, 3.8) is 0 Å². The summed E-state index contributed by atoms with van der Waals surface area (Å²) in [5.74, 6) is 5.49. The minimum Gasteiger partial charge on any atom is -0.393 e. The number of aliphatic hydroxyl groups excluding tert-OH is 1. The van der Waals surface area contributed by atoms with E-state index in [1.165, 1.54) is 50.0 Å². The number of rotatable bonds is 0. The Bertz CT molecular complexity index is 566. The molecule has 4 aliphatic carbocycles. The predicted octanol–water partition coefficient (Wildman–Crippen LogP) is 5.49. The Hall–Kier alpha value is 0.400. The molecule has 0 aromatic rings. The van der Waals surface area contributed by atoms with Crippen LogP contribution in [0.1, 0.15) is 65.2 Å². The molecule has 1 nitrogen and oxygen atoms in total. The third-order valence-electron chi connectivity index (χ3n) is 8.88. The second kappa shape index (κ2) is 5.45. The van der Waals surface area contributed by atoms with E-state index in [0.717, 1.165) is 30.6 Å². The fourth-order valence-corrected chi connectivity index (χ4v) is 11.4. The number of aliphatic hydroxyl groups is 1. The Labute approximate surface area is 155 Å². The molecule has 24 heavy (non-hydrogen) atoms. The quantitative estimate of drug-likeness (QED) is 0.574. The standard InChI is InChI=1S/C21H32OS2/c1-19-8-5-15(22)13-14(19)3-4-16-17(19)6-9-20(2)18(16)7-10-21(20)23-11-12-24-21/h3,15-18,22H,4-13H2,1-2H3/t15?,16?,17?,18?,19-,20-/m0/s1. The van der Waals surface area contributed by atoms with E-state index in [-0.39, 0.29) is 6.10 Å². The molecule has 0 amide bonds. The highest BCUT2D eigenvalue weighted by Crippen LogP contribution is 2.73. The van der Waals surface area contributed by atoms with Crippen LogP contribution in [-0.4, -0.2) is 26.8 Å². The molecule has 5 aliphatic rings. The van der Waals surface area contributed by atoms with Crippen molar-refractivity contribution in [1.82, 2.24) is 0 Å². The summed E-state index contributed by atoms with van der Waals surface area (Å²) in [6.07, 6.45) is 12.8. The van der Waals surface area contributed by atoms with Gasteiger partial charge in [0.05, 0.1) is 10.2 Å². The summed E-state index contributed by atoms with van der Waals surface area (Å²) in [5, 5.41) is 10.1. The van der Waals surface area contributed by atoms with Crippen molar-refractivity contribution in [3.8, 4) is 0 Å². The molecule has 0 aromatic carbocycles. The molecule has 6 atom stereocenters. The van der Waals surface area contributed by atoms with Crippen LogP contribution < -0.4 is 0 Å². The molecule has 3 saturated carbocycles. The van der Waals surface area contributed by atoms with Crippen LogP contribution in [0.25, 0.3) is 0 Å². The molecule has 0 aromatic heterocycles. The lowest BCUT2D eigenvalue weighted by Gasteiger charge is -2.59. The van der Waals surface area contributed by atoms with Gasteiger partial charge in [0.15, 0.2) is 0 Å². The number of hydrogen-bond donors (Lipinski definition) is 1. The van der Waals surface area contributed by atoms with E-state index in [1.807, 2.05) is 0 Å². The van der Waals surface area contributed by atoms with Crippen LogP contribution in [-0.2, 0) is 0 Å². The second-order valence-electron chi connectivity index (χ2n) is 9.60. The number of hydrogen-bond acceptors (Lipinski definition) is 3. The van der Waals surface area contributed by atoms with Crippen LogP contribution in [0.4, 0.5) is 0 Å². The van der Waals surface area contributed by atoms with E-state index in [9.17, 15) is 5.11 Å². The molecule has 1 heterocycles. The second-order valence-corrected chi connectivity index (χ2v) is 12.6. The van der Waals surface area contributed by atoms with Gasteiger partial charge in [0.25, 0.3) is 0 Å². The predicted molar refractivity (Wildman–Crippen MR) is 105 cm³/mol. The van der Waals surface area contributed by atoms with Gasteiger partial charge in [0.1, 0.15) is 0 Å². The third kappa shape index (κ3) is 2.01. The molecule has 0 bridgehead atoms. The van der Waals surface area contributed by atoms with Crippen molar-refractivity contribution >= 4 is 23.5 Å². The highest BCUT2D eigenvalue weighted by molar-refractivity contribution is 8.21. The van der Waals surface area contributed by atoms with Crippen LogP contribution in [0.15, 0.2) is 11.6 Å². The van der Waals surface area contributed by atoms with Gasteiger partial charge in [-0.15, -0.1) is 23.5 Å². The molecule has 1 aliphatic heterocycles. The maximum absolute atomic E-state index is 10.1. The van der Waals surface area contributed by atoms with Gasteiger partial charge in [0.2, 0.25) is 0 Å². The Morgan fingerprint density at radius 3 is 2.54 bits per heavy atom. The first-order valence-corrected chi connectivity index (χ1v) is 12.1. The fourth-order valence-electron chi connectivity index (χ4n) is 7.53. The molecule has 5 rings (SSSR count). The van der Waals surface area contributed by atoms with Crippen LogP contribution >= 0.6 is 23.5 Å². The zero-order valence-electron chi connectivity index (χ0n) is 15.2. The van der Waals surface area contributed by atoms with E-state index in [1.54, 1.807) is 5.57 Å². The summed E-state index contributed by atoms with van der Waals surface area (Å²) in [6.45, 7) is 5.21.